The molecule has 0 aliphatic heterocycles. The van der Waals surface area contributed by atoms with Crippen molar-refractivity contribution in [3.63, 3.8) is 0 Å². The minimum atomic E-state index is 0.744. The first-order valence-electron chi connectivity index (χ1n) is 5.03. The van der Waals surface area contributed by atoms with Crippen LogP contribution < -0.4 is 0 Å². The summed E-state index contributed by atoms with van der Waals surface area (Å²) in [6.45, 7) is 0. The lowest BCUT2D eigenvalue weighted by molar-refractivity contribution is 1.40. The third-order valence-electron chi connectivity index (χ3n) is 2.55. The smallest absolute Gasteiger partial charge is 0.0885 e. The van der Waals surface area contributed by atoms with Gasteiger partial charge in [-0.25, -0.2) is 0 Å². The lowest BCUT2D eigenvalue weighted by Crippen LogP contribution is -1.77. The van der Waals surface area contributed by atoms with Crippen molar-refractivity contribution in [2.75, 3.05) is 0 Å². The van der Waals surface area contributed by atoms with Gasteiger partial charge in [0.1, 0.15) is 0 Å². The Bertz CT molecular complexity index is 610. The minimum Gasteiger partial charge on any atom is -0.353 e. The molecule has 0 radical (unpaired) electrons. The number of benzene rings is 1. The number of aromatic amines is 1. The molecule has 3 aromatic rings. The van der Waals surface area contributed by atoms with E-state index in [1.165, 1.54) is 0 Å². The molecule has 0 saturated heterocycles. The summed E-state index contributed by atoms with van der Waals surface area (Å²) in [7, 11) is 0. The molecule has 2 nitrogen and oxygen atoms in total. The number of hydrogen-bond donors (Lipinski definition) is 1. The summed E-state index contributed by atoms with van der Waals surface area (Å²) in [5.41, 5.74) is 3.98. The molecule has 0 atom stereocenters. The predicted octanol–water partition coefficient (Wildman–Crippen LogP) is 3.88. The van der Waals surface area contributed by atoms with Crippen molar-refractivity contribution in [3.8, 4) is 11.3 Å². The van der Waals surface area contributed by atoms with E-state index >= 15 is 0 Å². The van der Waals surface area contributed by atoms with Crippen LogP contribution in [0.25, 0.3) is 22.3 Å². The van der Waals surface area contributed by atoms with E-state index in [2.05, 4.69) is 9.97 Å². The highest BCUT2D eigenvalue weighted by molar-refractivity contribution is 6.33. The lowest BCUT2D eigenvalue weighted by Gasteiger charge is -1.99. The third kappa shape index (κ3) is 1.48. The van der Waals surface area contributed by atoms with E-state index < -0.39 is 0 Å². The number of aromatic nitrogens is 2. The maximum Gasteiger partial charge on any atom is 0.0885 e. The fourth-order valence-electron chi connectivity index (χ4n) is 1.78. The second-order valence-electron chi connectivity index (χ2n) is 3.60. The Morgan fingerprint density at radius 3 is 2.75 bits per heavy atom. The van der Waals surface area contributed by atoms with Gasteiger partial charge >= 0.3 is 0 Å². The fourth-order valence-corrected chi connectivity index (χ4v) is 2.02. The first-order valence-corrected chi connectivity index (χ1v) is 5.41. The van der Waals surface area contributed by atoms with E-state index in [1.54, 1.807) is 6.20 Å². The van der Waals surface area contributed by atoms with Crippen LogP contribution in [0.3, 0.4) is 0 Å². The van der Waals surface area contributed by atoms with Gasteiger partial charge in [0.2, 0.25) is 0 Å². The lowest BCUT2D eigenvalue weighted by atomic mass is 10.1. The van der Waals surface area contributed by atoms with Crippen molar-refractivity contribution >= 4 is 22.6 Å². The molecule has 2 aromatic heterocycles. The molecule has 0 aliphatic rings. The van der Waals surface area contributed by atoms with Crippen molar-refractivity contribution in [2.45, 2.75) is 0 Å². The number of H-pyrrole nitrogens is 1. The molecule has 0 aliphatic carbocycles. The van der Waals surface area contributed by atoms with Crippen LogP contribution >= 0.6 is 11.6 Å². The normalized spacial score (nSPS) is 10.8. The molecule has 0 amide bonds. The molecule has 1 aromatic carbocycles. The molecule has 78 valence electrons. The van der Waals surface area contributed by atoms with E-state index in [4.69, 9.17) is 11.6 Å². The summed E-state index contributed by atoms with van der Waals surface area (Å²) in [4.78, 5) is 7.59. The van der Waals surface area contributed by atoms with E-state index in [0.717, 1.165) is 27.3 Å². The zero-order valence-electron chi connectivity index (χ0n) is 8.44. The summed E-state index contributed by atoms with van der Waals surface area (Å²) in [5.74, 6) is 0. The Morgan fingerprint density at radius 1 is 1.06 bits per heavy atom. The van der Waals surface area contributed by atoms with Crippen LogP contribution in [-0.2, 0) is 0 Å². The van der Waals surface area contributed by atoms with Gasteiger partial charge in [0.25, 0.3) is 0 Å². The van der Waals surface area contributed by atoms with Gasteiger partial charge < -0.3 is 4.98 Å². The molecular weight excluding hydrogens is 220 g/mol. The monoisotopic (exact) mass is 228 g/mol. The molecule has 3 rings (SSSR count). The van der Waals surface area contributed by atoms with Crippen LogP contribution in [0.4, 0.5) is 0 Å². The van der Waals surface area contributed by atoms with Crippen LogP contribution in [0, 0.1) is 0 Å². The predicted molar refractivity (Wildman–Crippen MR) is 66.5 cm³/mol. The topological polar surface area (TPSA) is 28.7 Å². The average Bonchev–Trinajstić information content (AvgIpc) is 2.73. The Balaban J connectivity index is 2.23. The highest BCUT2D eigenvalue weighted by atomic mass is 35.5. The number of rotatable bonds is 1. The number of pyridine rings is 1. The summed E-state index contributed by atoms with van der Waals surface area (Å²) >= 11 is 6.15. The Morgan fingerprint density at radius 2 is 1.94 bits per heavy atom. The van der Waals surface area contributed by atoms with Crippen molar-refractivity contribution in [1.29, 1.82) is 0 Å². The van der Waals surface area contributed by atoms with Gasteiger partial charge in [-0.2, -0.15) is 0 Å². The number of fused-ring (bicyclic) bond motifs is 1. The summed E-state index contributed by atoms with van der Waals surface area (Å²) in [6.07, 6.45) is 1.78. The first-order chi connectivity index (χ1) is 7.84. The van der Waals surface area contributed by atoms with Gasteiger partial charge in [-0.3, -0.25) is 4.98 Å². The summed E-state index contributed by atoms with van der Waals surface area (Å²) < 4.78 is 0. The zero-order chi connectivity index (χ0) is 11.0. The molecule has 2 heterocycles. The van der Waals surface area contributed by atoms with Crippen LogP contribution in [-0.4, -0.2) is 9.97 Å². The molecule has 1 N–H and O–H groups in total. The van der Waals surface area contributed by atoms with Crippen LogP contribution in [0.15, 0.2) is 48.7 Å². The van der Waals surface area contributed by atoms with Gasteiger partial charge in [-0.1, -0.05) is 29.8 Å². The minimum absolute atomic E-state index is 0.744. The molecule has 0 fully saturated rings. The van der Waals surface area contributed by atoms with Crippen molar-refractivity contribution in [1.82, 2.24) is 9.97 Å². The second-order valence-corrected chi connectivity index (χ2v) is 4.01. The van der Waals surface area contributed by atoms with E-state index in [1.807, 2.05) is 42.5 Å². The number of hydrogen-bond acceptors (Lipinski definition) is 1. The summed E-state index contributed by atoms with van der Waals surface area (Å²) in [6, 6.07) is 13.7. The van der Waals surface area contributed by atoms with Gasteiger partial charge in [-0.05, 0) is 24.3 Å². The van der Waals surface area contributed by atoms with Gasteiger partial charge in [0.15, 0.2) is 0 Å². The fraction of sp³-hybridized carbons (Fsp3) is 0. The van der Waals surface area contributed by atoms with E-state index in [-0.39, 0.29) is 0 Å². The number of nitrogens with zero attached hydrogens (tertiary/aromatic N) is 1. The average molecular weight is 229 g/mol. The SMILES string of the molecule is Clc1ccccc1-c1cc2ncccc2[nH]1. The van der Waals surface area contributed by atoms with Crippen LogP contribution in [0.2, 0.25) is 5.02 Å². The Labute approximate surface area is 97.9 Å². The molecule has 0 saturated carbocycles. The number of nitrogens with one attached hydrogen (secondary N) is 1. The first kappa shape index (κ1) is 9.43. The maximum atomic E-state index is 6.15. The molecule has 16 heavy (non-hydrogen) atoms. The van der Waals surface area contributed by atoms with Crippen molar-refractivity contribution in [3.05, 3.63) is 53.7 Å². The summed E-state index contributed by atoms with van der Waals surface area (Å²) in [5, 5.41) is 0.744. The van der Waals surface area contributed by atoms with Gasteiger partial charge in [-0.15, -0.1) is 0 Å². The van der Waals surface area contributed by atoms with Gasteiger partial charge in [0, 0.05) is 22.5 Å². The standard InChI is InChI=1S/C13H9ClN2/c14-10-5-2-1-4-9(10)12-8-13-11(16-12)6-3-7-15-13/h1-8,16H. The highest BCUT2D eigenvalue weighted by Crippen LogP contribution is 2.28. The highest BCUT2D eigenvalue weighted by Gasteiger charge is 2.06. The third-order valence-corrected chi connectivity index (χ3v) is 2.88. The maximum absolute atomic E-state index is 6.15. The molecule has 0 unspecified atom stereocenters. The van der Waals surface area contributed by atoms with Crippen LogP contribution in [0.1, 0.15) is 0 Å². The molecule has 0 spiro atoms. The molecular formula is C13H9ClN2. The molecule has 0 bridgehead atoms. The van der Waals surface area contributed by atoms with Crippen molar-refractivity contribution in [2.24, 2.45) is 0 Å². The largest absolute Gasteiger partial charge is 0.353 e. The van der Waals surface area contributed by atoms with E-state index in [9.17, 15) is 0 Å². The molecule has 3 heteroatoms. The van der Waals surface area contributed by atoms with Gasteiger partial charge in [0.05, 0.1) is 11.0 Å². The van der Waals surface area contributed by atoms with Crippen LogP contribution in [0.5, 0.6) is 0 Å². The Hall–Kier alpha value is -1.80. The quantitative estimate of drug-likeness (QED) is 0.673. The Kier molecular flexibility index (Phi) is 2.15. The number of halogens is 1. The second kappa shape index (κ2) is 3.65. The van der Waals surface area contributed by atoms with Crippen molar-refractivity contribution < 1.29 is 0 Å². The zero-order valence-corrected chi connectivity index (χ0v) is 9.20. The van der Waals surface area contributed by atoms with E-state index in [0.29, 0.717) is 0 Å².